The largest absolute Gasteiger partial charge is 0.434 e. The highest BCUT2D eigenvalue weighted by atomic mass is 35.5. The Kier molecular flexibility index (Phi) is 6.35. The lowest BCUT2D eigenvalue weighted by Gasteiger charge is -2.44. The van der Waals surface area contributed by atoms with Crippen LogP contribution in [0.15, 0.2) is 0 Å². The second kappa shape index (κ2) is 8.31. The molecule has 14 heteroatoms. The van der Waals surface area contributed by atoms with Crippen LogP contribution in [0.25, 0.3) is 0 Å². The monoisotopic (exact) mass is 490 g/mol. The van der Waals surface area contributed by atoms with Crippen molar-refractivity contribution in [1.82, 2.24) is 19.6 Å². The zero-order valence-corrected chi connectivity index (χ0v) is 17.9. The summed E-state index contributed by atoms with van der Waals surface area (Å²) in [5, 5.41) is 4.36. The standard InChI is InChI=1S/C18H21ClF6N4O3/c1-10-11(19)12(26-27(10)2)13(30)29-7-3-4-16(29)5-8-28(9-6-16)15(31)32-14(17(20,21)22)18(23,24)25/h14H,3-9H2,1-2H3. The van der Waals surface area contributed by atoms with Crippen molar-refractivity contribution < 1.29 is 40.7 Å². The zero-order valence-electron chi connectivity index (χ0n) is 17.2. The minimum Gasteiger partial charge on any atom is -0.426 e. The molecule has 0 bridgehead atoms. The molecule has 7 nitrogen and oxygen atoms in total. The number of likely N-dealkylation sites (tertiary alicyclic amines) is 2. The number of carbonyl (C=O) groups is 2. The van der Waals surface area contributed by atoms with Crippen LogP contribution in [0.1, 0.15) is 41.9 Å². The van der Waals surface area contributed by atoms with E-state index in [-0.39, 0.29) is 36.6 Å². The van der Waals surface area contributed by atoms with Gasteiger partial charge in [-0.15, -0.1) is 0 Å². The van der Waals surface area contributed by atoms with Gasteiger partial charge in [0.15, 0.2) is 5.69 Å². The van der Waals surface area contributed by atoms with Gasteiger partial charge in [-0.1, -0.05) is 11.6 Å². The summed E-state index contributed by atoms with van der Waals surface area (Å²) in [6.07, 6.45) is -15.8. The Bertz CT molecular complexity index is 879. The summed E-state index contributed by atoms with van der Waals surface area (Å²) < 4.78 is 81.3. The van der Waals surface area contributed by atoms with E-state index in [1.54, 1.807) is 18.9 Å². The molecule has 2 fully saturated rings. The Morgan fingerprint density at radius 1 is 1.06 bits per heavy atom. The zero-order chi connectivity index (χ0) is 24.1. The molecule has 32 heavy (non-hydrogen) atoms. The molecule has 0 atom stereocenters. The Labute approximate surface area is 184 Å². The molecular formula is C18H21ClF6N4O3. The average molecular weight is 491 g/mol. The molecule has 1 aromatic rings. The van der Waals surface area contributed by atoms with E-state index >= 15 is 0 Å². The van der Waals surface area contributed by atoms with E-state index in [1.807, 2.05) is 0 Å². The molecule has 0 N–H and O–H groups in total. The number of piperidine rings is 1. The number of alkyl halides is 6. The van der Waals surface area contributed by atoms with Crippen LogP contribution >= 0.6 is 11.6 Å². The third-order valence-electron chi connectivity index (χ3n) is 6.07. The maximum atomic E-state index is 13.1. The first-order valence-corrected chi connectivity index (χ1v) is 10.2. The third kappa shape index (κ3) is 4.48. The first-order chi connectivity index (χ1) is 14.7. The van der Waals surface area contributed by atoms with Crippen molar-refractivity contribution in [3.63, 3.8) is 0 Å². The van der Waals surface area contributed by atoms with Crippen LogP contribution in [0.5, 0.6) is 0 Å². The summed E-state index contributed by atoms with van der Waals surface area (Å²) in [5.41, 5.74) is -0.00603. The fourth-order valence-electron chi connectivity index (χ4n) is 4.22. The van der Waals surface area contributed by atoms with Crippen LogP contribution in [0.4, 0.5) is 31.1 Å². The molecule has 180 valence electrons. The highest BCUT2D eigenvalue weighted by Crippen LogP contribution is 2.41. The van der Waals surface area contributed by atoms with E-state index in [9.17, 15) is 35.9 Å². The molecule has 2 aliphatic rings. The first kappa shape index (κ1) is 24.5. The fraction of sp³-hybridized carbons (Fsp3) is 0.722. The van der Waals surface area contributed by atoms with Crippen molar-refractivity contribution in [2.45, 2.75) is 56.6 Å². The molecule has 0 aliphatic carbocycles. The Hall–Kier alpha value is -2.18. The summed E-state index contributed by atoms with van der Waals surface area (Å²) in [5.74, 6) is -0.401. The van der Waals surface area contributed by atoms with Gasteiger partial charge in [0.25, 0.3) is 12.0 Å². The molecule has 0 aromatic carbocycles. The highest BCUT2D eigenvalue weighted by Gasteiger charge is 2.60. The summed E-state index contributed by atoms with van der Waals surface area (Å²) in [6.45, 7) is 1.80. The molecule has 0 unspecified atom stereocenters. The van der Waals surface area contributed by atoms with Gasteiger partial charge in [-0.05, 0) is 32.6 Å². The van der Waals surface area contributed by atoms with Crippen molar-refractivity contribution in [1.29, 1.82) is 0 Å². The number of aryl methyl sites for hydroxylation is 1. The smallest absolute Gasteiger partial charge is 0.426 e. The average Bonchev–Trinajstić information content (AvgIpc) is 3.20. The number of aromatic nitrogens is 2. The van der Waals surface area contributed by atoms with Crippen molar-refractivity contribution in [2.24, 2.45) is 7.05 Å². The molecular weight excluding hydrogens is 470 g/mol. The van der Waals surface area contributed by atoms with Crippen molar-refractivity contribution in [3.05, 3.63) is 16.4 Å². The lowest BCUT2D eigenvalue weighted by Crippen LogP contribution is -2.56. The number of ether oxygens (including phenoxy) is 1. The van der Waals surface area contributed by atoms with Gasteiger partial charge >= 0.3 is 18.4 Å². The maximum Gasteiger partial charge on any atom is 0.434 e. The number of carbonyl (C=O) groups excluding carboxylic acids is 2. The van der Waals surface area contributed by atoms with E-state index in [4.69, 9.17) is 11.6 Å². The minimum atomic E-state index is -5.78. The second-order valence-corrected chi connectivity index (χ2v) is 8.37. The van der Waals surface area contributed by atoms with E-state index in [2.05, 4.69) is 9.84 Å². The van der Waals surface area contributed by atoms with Gasteiger partial charge in [0.2, 0.25) is 0 Å². The van der Waals surface area contributed by atoms with Crippen LogP contribution in [0.2, 0.25) is 5.02 Å². The molecule has 2 aliphatic heterocycles. The van der Waals surface area contributed by atoms with Gasteiger partial charge in [0.05, 0.1) is 10.7 Å². The predicted octanol–water partition coefficient (Wildman–Crippen LogP) is 4.08. The van der Waals surface area contributed by atoms with Gasteiger partial charge < -0.3 is 14.5 Å². The van der Waals surface area contributed by atoms with Gasteiger partial charge in [0.1, 0.15) is 0 Å². The number of hydrogen-bond acceptors (Lipinski definition) is 4. The summed E-state index contributed by atoms with van der Waals surface area (Å²) in [6, 6.07) is 0. The van der Waals surface area contributed by atoms with Crippen LogP contribution in [-0.4, -0.2) is 75.2 Å². The number of rotatable bonds is 2. The number of hydrogen-bond donors (Lipinski definition) is 0. The molecule has 3 rings (SSSR count). The molecule has 2 saturated heterocycles. The SMILES string of the molecule is Cc1c(Cl)c(C(=O)N2CCCC23CCN(C(=O)OC(C(F)(F)F)C(F)(F)F)CC3)nn1C. The Balaban J connectivity index is 1.70. The minimum absolute atomic E-state index is 0.0768. The fourth-order valence-corrected chi connectivity index (χ4v) is 4.46. The van der Waals surface area contributed by atoms with Gasteiger partial charge in [-0.25, -0.2) is 4.79 Å². The van der Waals surface area contributed by atoms with Gasteiger partial charge in [-0.3, -0.25) is 9.48 Å². The van der Waals surface area contributed by atoms with E-state index in [1.165, 1.54) is 4.68 Å². The van der Waals surface area contributed by atoms with Crippen LogP contribution in [0, 0.1) is 6.92 Å². The normalized spacial score (nSPS) is 19.2. The molecule has 0 saturated carbocycles. The second-order valence-electron chi connectivity index (χ2n) is 7.99. The summed E-state index contributed by atoms with van der Waals surface area (Å²) in [4.78, 5) is 27.5. The molecule has 2 amide bonds. The number of halogens is 7. The van der Waals surface area contributed by atoms with Crippen molar-refractivity contribution >= 4 is 23.6 Å². The number of amides is 2. The third-order valence-corrected chi connectivity index (χ3v) is 6.52. The molecule has 0 radical (unpaired) electrons. The maximum absolute atomic E-state index is 13.1. The molecule has 1 aromatic heterocycles. The Morgan fingerprint density at radius 3 is 2.09 bits per heavy atom. The quantitative estimate of drug-likeness (QED) is 0.586. The summed E-state index contributed by atoms with van der Waals surface area (Å²) in [7, 11) is 1.64. The highest BCUT2D eigenvalue weighted by molar-refractivity contribution is 6.34. The first-order valence-electron chi connectivity index (χ1n) is 9.77. The molecule has 3 heterocycles. The Morgan fingerprint density at radius 2 is 1.62 bits per heavy atom. The van der Waals surface area contributed by atoms with Gasteiger partial charge in [-0.2, -0.15) is 31.4 Å². The van der Waals surface area contributed by atoms with E-state index in [0.717, 1.165) is 4.90 Å². The van der Waals surface area contributed by atoms with Crippen LogP contribution in [-0.2, 0) is 11.8 Å². The van der Waals surface area contributed by atoms with E-state index < -0.39 is 36.0 Å². The van der Waals surface area contributed by atoms with Crippen LogP contribution < -0.4 is 0 Å². The van der Waals surface area contributed by atoms with Gasteiger partial charge in [0, 0.05) is 32.2 Å². The van der Waals surface area contributed by atoms with Crippen molar-refractivity contribution in [2.75, 3.05) is 19.6 Å². The summed E-state index contributed by atoms with van der Waals surface area (Å²) >= 11 is 6.22. The number of nitrogens with zero attached hydrogens (tertiary/aromatic N) is 4. The predicted molar refractivity (Wildman–Crippen MR) is 99.1 cm³/mol. The van der Waals surface area contributed by atoms with Crippen LogP contribution in [0.3, 0.4) is 0 Å². The lowest BCUT2D eigenvalue weighted by atomic mass is 9.85. The van der Waals surface area contributed by atoms with Crippen molar-refractivity contribution in [3.8, 4) is 0 Å². The van der Waals surface area contributed by atoms with E-state index in [0.29, 0.717) is 25.1 Å². The lowest BCUT2D eigenvalue weighted by molar-refractivity contribution is -0.308. The topological polar surface area (TPSA) is 67.7 Å². The molecule has 1 spiro atoms.